The molecule has 1 aromatic rings. The minimum absolute atomic E-state index is 0.0563. The summed E-state index contributed by atoms with van der Waals surface area (Å²) in [7, 11) is -3.52. The van der Waals surface area contributed by atoms with Gasteiger partial charge in [-0.3, -0.25) is 4.79 Å². The number of sulfonamides is 1. The van der Waals surface area contributed by atoms with Crippen molar-refractivity contribution in [3.05, 3.63) is 24.3 Å². The largest absolute Gasteiger partial charge is 0.379 e. The number of ether oxygens (including phenoxy) is 1. The molecular formula is C21H34N3O4S+. The number of nitrogens with one attached hydrogen (secondary N) is 1. The zero-order chi connectivity index (χ0) is 21.0. The number of morpholine rings is 1. The van der Waals surface area contributed by atoms with Crippen LogP contribution in [0.15, 0.2) is 29.2 Å². The number of benzene rings is 1. The zero-order valence-electron chi connectivity index (χ0n) is 17.6. The van der Waals surface area contributed by atoms with Crippen molar-refractivity contribution in [2.24, 2.45) is 11.8 Å². The molecule has 0 radical (unpaired) electrons. The first-order chi connectivity index (χ1) is 13.8. The number of amides is 1. The molecule has 2 aliphatic rings. The van der Waals surface area contributed by atoms with Gasteiger partial charge < -0.3 is 15.4 Å². The molecule has 3 rings (SSSR count). The number of quaternary nitrogens is 1. The van der Waals surface area contributed by atoms with E-state index < -0.39 is 10.0 Å². The number of hydrogen-bond acceptors (Lipinski definition) is 4. The van der Waals surface area contributed by atoms with Crippen LogP contribution in [0.3, 0.4) is 0 Å². The van der Waals surface area contributed by atoms with Crippen LogP contribution in [-0.2, 0) is 19.6 Å². The summed E-state index contributed by atoms with van der Waals surface area (Å²) in [5, 5.41) is 5.10. The molecular weight excluding hydrogens is 390 g/mol. The fourth-order valence-corrected chi connectivity index (χ4v) is 5.66. The minimum atomic E-state index is -3.52. The van der Waals surface area contributed by atoms with E-state index >= 15 is 0 Å². The van der Waals surface area contributed by atoms with E-state index in [4.69, 9.17) is 4.74 Å². The third-order valence-electron chi connectivity index (χ3n) is 6.45. The summed E-state index contributed by atoms with van der Waals surface area (Å²) in [4.78, 5) is 12.9. The Bertz CT molecular complexity index is 791. The molecule has 7 nitrogen and oxygen atoms in total. The molecule has 1 saturated heterocycles. The molecule has 2 fully saturated rings. The summed E-state index contributed by atoms with van der Waals surface area (Å²) in [5.41, 5.74) is 0.612. The number of nitrogens with zero attached hydrogens (tertiary/aromatic N) is 1. The van der Waals surface area contributed by atoms with Crippen LogP contribution in [0.4, 0.5) is 5.69 Å². The summed E-state index contributed by atoms with van der Waals surface area (Å²) in [6.45, 7) is 8.07. The molecule has 8 heteroatoms. The van der Waals surface area contributed by atoms with Crippen molar-refractivity contribution in [3.63, 3.8) is 0 Å². The van der Waals surface area contributed by atoms with Crippen molar-refractivity contribution in [2.75, 3.05) is 31.6 Å². The standard InChI is InChI=1S/C21H33N3O4S/c1-15-5-4-6-20(16(15)2)22-17(3)21(25)23-18-7-9-19(10-8-18)29(26,27)24-11-13-28-14-12-24/h7-10,15-17,20,22H,4-6,11-14H2,1-3H3,(H,23,25)/p+1/t15-,16+,17-,20+/m0/s1. The fourth-order valence-electron chi connectivity index (χ4n) is 4.26. The lowest BCUT2D eigenvalue weighted by molar-refractivity contribution is -0.715. The zero-order valence-corrected chi connectivity index (χ0v) is 18.5. The van der Waals surface area contributed by atoms with Gasteiger partial charge in [-0.15, -0.1) is 0 Å². The van der Waals surface area contributed by atoms with E-state index in [1.807, 2.05) is 6.92 Å². The van der Waals surface area contributed by atoms with Crippen LogP contribution >= 0.6 is 0 Å². The first-order valence-corrected chi connectivity index (χ1v) is 12.1. The molecule has 4 atom stereocenters. The Hall–Kier alpha value is -1.48. The van der Waals surface area contributed by atoms with E-state index in [2.05, 4.69) is 24.5 Å². The van der Waals surface area contributed by atoms with Crippen LogP contribution in [0.25, 0.3) is 0 Å². The van der Waals surface area contributed by atoms with Gasteiger partial charge in [0, 0.05) is 24.7 Å². The normalized spacial score (nSPS) is 27.3. The number of carbonyl (C=O) groups excluding carboxylic acids is 1. The fraction of sp³-hybridized carbons (Fsp3) is 0.667. The van der Waals surface area contributed by atoms with Crippen LogP contribution < -0.4 is 10.6 Å². The average molecular weight is 425 g/mol. The first kappa shape index (κ1) is 22.2. The number of anilines is 1. The van der Waals surface area contributed by atoms with Crippen LogP contribution in [0, 0.1) is 11.8 Å². The average Bonchev–Trinajstić information content (AvgIpc) is 2.72. The van der Waals surface area contributed by atoms with Gasteiger partial charge in [0.2, 0.25) is 10.0 Å². The molecule has 3 N–H and O–H groups in total. The predicted octanol–water partition coefficient (Wildman–Crippen LogP) is 1.42. The molecule has 0 unspecified atom stereocenters. The maximum absolute atomic E-state index is 12.7. The summed E-state index contributed by atoms with van der Waals surface area (Å²) in [5.74, 6) is 1.24. The maximum Gasteiger partial charge on any atom is 0.282 e. The monoisotopic (exact) mass is 424 g/mol. The second-order valence-corrected chi connectivity index (χ2v) is 10.4. The number of carbonyl (C=O) groups is 1. The number of rotatable bonds is 6. The van der Waals surface area contributed by atoms with Gasteiger partial charge in [0.1, 0.15) is 0 Å². The number of nitrogens with two attached hydrogens (primary N) is 1. The molecule has 1 aliphatic carbocycles. The van der Waals surface area contributed by atoms with Gasteiger partial charge >= 0.3 is 0 Å². The van der Waals surface area contributed by atoms with E-state index in [1.54, 1.807) is 24.3 Å². The lowest BCUT2D eigenvalue weighted by Gasteiger charge is -2.33. The molecule has 1 aromatic carbocycles. The van der Waals surface area contributed by atoms with Crippen molar-refractivity contribution in [1.82, 2.24) is 4.31 Å². The molecule has 0 bridgehead atoms. The van der Waals surface area contributed by atoms with E-state index in [-0.39, 0.29) is 16.8 Å². The van der Waals surface area contributed by atoms with Gasteiger partial charge in [-0.25, -0.2) is 8.42 Å². The smallest absolute Gasteiger partial charge is 0.282 e. The Balaban J connectivity index is 1.58. The van der Waals surface area contributed by atoms with Crippen LogP contribution in [0.2, 0.25) is 0 Å². The van der Waals surface area contributed by atoms with Gasteiger partial charge in [-0.1, -0.05) is 13.8 Å². The third kappa shape index (κ3) is 5.36. The highest BCUT2D eigenvalue weighted by Crippen LogP contribution is 2.27. The van der Waals surface area contributed by atoms with Gasteiger partial charge in [-0.2, -0.15) is 4.31 Å². The quantitative estimate of drug-likeness (QED) is 0.722. The second kappa shape index (κ2) is 9.55. The molecule has 1 aliphatic heterocycles. The van der Waals surface area contributed by atoms with E-state index in [0.717, 1.165) is 6.42 Å². The van der Waals surface area contributed by atoms with Crippen molar-refractivity contribution < 1.29 is 23.3 Å². The van der Waals surface area contributed by atoms with Gasteiger partial charge in [-0.05, 0) is 56.4 Å². The summed E-state index contributed by atoms with van der Waals surface area (Å²) < 4.78 is 32.0. The molecule has 0 aromatic heterocycles. The van der Waals surface area contributed by atoms with Crippen molar-refractivity contribution in [2.45, 2.75) is 57.0 Å². The lowest BCUT2D eigenvalue weighted by Crippen LogP contribution is -2.97. The Labute approximate surface area is 174 Å². The van der Waals surface area contributed by atoms with Gasteiger partial charge in [0.15, 0.2) is 6.04 Å². The highest BCUT2D eigenvalue weighted by molar-refractivity contribution is 7.89. The summed E-state index contributed by atoms with van der Waals surface area (Å²) in [6.07, 6.45) is 3.64. The van der Waals surface area contributed by atoms with Crippen LogP contribution in [-0.4, -0.2) is 57.0 Å². The Morgan fingerprint density at radius 2 is 1.83 bits per heavy atom. The van der Waals surface area contributed by atoms with Gasteiger partial charge in [0.05, 0.1) is 24.2 Å². The molecule has 0 spiro atoms. The minimum Gasteiger partial charge on any atom is -0.379 e. The van der Waals surface area contributed by atoms with Crippen LogP contribution in [0.1, 0.15) is 40.0 Å². The van der Waals surface area contributed by atoms with Crippen LogP contribution in [0.5, 0.6) is 0 Å². The lowest BCUT2D eigenvalue weighted by atomic mass is 9.78. The van der Waals surface area contributed by atoms with Crippen molar-refractivity contribution in [1.29, 1.82) is 0 Å². The SMILES string of the molecule is C[C@@H]1[C@@H](C)CCC[C@H]1[NH2+][C@@H](C)C(=O)Nc1ccc(S(=O)(=O)N2CCOCC2)cc1. The Kier molecular flexibility index (Phi) is 7.32. The summed E-state index contributed by atoms with van der Waals surface area (Å²) in [6, 6.07) is 6.70. The van der Waals surface area contributed by atoms with E-state index in [1.165, 1.54) is 17.1 Å². The second-order valence-electron chi connectivity index (χ2n) is 8.44. The third-order valence-corrected chi connectivity index (χ3v) is 8.36. The molecule has 1 saturated carbocycles. The molecule has 162 valence electrons. The maximum atomic E-state index is 12.7. The molecule has 1 amide bonds. The van der Waals surface area contributed by atoms with Crippen molar-refractivity contribution >= 4 is 21.6 Å². The predicted molar refractivity (Wildman–Crippen MR) is 112 cm³/mol. The van der Waals surface area contributed by atoms with E-state index in [0.29, 0.717) is 49.9 Å². The topological polar surface area (TPSA) is 92.3 Å². The molecule has 1 heterocycles. The highest BCUT2D eigenvalue weighted by Gasteiger charge is 2.32. The van der Waals surface area contributed by atoms with Crippen molar-refractivity contribution in [3.8, 4) is 0 Å². The molecule has 29 heavy (non-hydrogen) atoms. The Morgan fingerprint density at radius 3 is 2.48 bits per heavy atom. The highest BCUT2D eigenvalue weighted by atomic mass is 32.2. The van der Waals surface area contributed by atoms with Gasteiger partial charge in [0.25, 0.3) is 5.91 Å². The summed E-state index contributed by atoms with van der Waals surface area (Å²) >= 11 is 0. The van der Waals surface area contributed by atoms with E-state index in [9.17, 15) is 13.2 Å². The number of hydrogen-bond donors (Lipinski definition) is 2. The first-order valence-electron chi connectivity index (χ1n) is 10.6. The Morgan fingerprint density at radius 1 is 1.17 bits per heavy atom.